The lowest BCUT2D eigenvalue weighted by atomic mass is 9.90. The maximum Gasteiger partial charge on any atom is 0.303 e. The van der Waals surface area contributed by atoms with Crippen molar-refractivity contribution < 1.29 is 9.90 Å². The van der Waals surface area contributed by atoms with E-state index in [2.05, 4.69) is 26.0 Å². The highest BCUT2D eigenvalue weighted by molar-refractivity contribution is 5.66. The van der Waals surface area contributed by atoms with Gasteiger partial charge >= 0.3 is 5.97 Å². The van der Waals surface area contributed by atoms with Gasteiger partial charge < -0.3 is 5.11 Å². The van der Waals surface area contributed by atoms with Gasteiger partial charge in [-0.3, -0.25) is 4.79 Å². The van der Waals surface area contributed by atoms with Crippen LogP contribution in [0.2, 0.25) is 0 Å². The molecule has 2 heteroatoms. The minimum atomic E-state index is -0.640. The molecule has 1 unspecified atom stereocenters. The molecule has 1 N–H and O–H groups in total. The Morgan fingerprint density at radius 1 is 0.600 bits per heavy atom. The fourth-order valence-corrected chi connectivity index (χ4v) is 4.34. The standard InChI is InChI=1S/C28H54O2/c1-3-5-7-9-11-13-14-15-17-19-21-24-27(25-22-26-28(29)30)23-20-18-16-12-10-8-6-4-2/h15,17,27H,3-14,16,18-26H2,1-2H3,(H,29,30). The van der Waals surface area contributed by atoms with Crippen molar-refractivity contribution in [3.63, 3.8) is 0 Å². The van der Waals surface area contributed by atoms with Crippen molar-refractivity contribution in [2.24, 2.45) is 5.92 Å². The third kappa shape index (κ3) is 23.5. The van der Waals surface area contributed by atoms with Crippen LogP contribution >= 0.6 is 0 Å². The molecule has 0 saturated carbocycles. The first kappa shape index (κ1) is 29.2. The van der Waals surface area contributed by atoms with E-state index in [1.165, 1.54) is 122 Å². The zero-order valence-electron chi connectivity index (χ0n) is 20.6. The predicted molar refractivity (Wildman–Crippen MR) is 133 cm³/mol. The maximum atomic E-state index is 10.8. The van der Waals surface area contributed by atoms with Crippen LogP contribution in [-0.2, 0) is 4.79 Å². The number of rotatable bonds is 24. The zero-order chi connectivity index (χ0) is 22.1. The van der Waals surface area contributed by atoms with Crippen LogP contribution in [0.4, 0.5) is 0 Å². The summed E-state index contributed by atoms with van der Waals surface area (Å²) < 4.78 is 0. The SMILES string of the molecule is CCCCCCCCC=CCCCC(CCCCCCCCCC)CCCC(=O)O. The van der Waals surface area contributed by atoms with Gasteiger partial charge in [0.05, 0.1) is 0 Å². The molecule has 0 aromatic carbocycles. The molecule has 0 aliphatic carbocycles. The Hall–Kier alpha value is -0.790. The molecule has 0 spiro atoms. The zero-order valence-corrected chi connectivity index (χ0v) is 20.6. The lowest BCUT2D eigenvalue weighted by Gasteiger charge is -2.16. The van der Waals surface area contributed by atoms with Crippen molar-refractivity contribution in [2.75, 3.05) is 0 Å². The van der Waals surface area contributed by atoms with Gasteiger partial charge in [-0.25, -0.2) is 0 Å². The number of allylic oxidation sites excluding steroid dienone is 2. The number of carboxylic acids is 1. The molecule has 0 fully saturated rings. The van der Waals surface area contributed by atoms with Gasteiger partial charge in [-0.2, -0.15) is 0 Å². The molecule has 2 nitrogen and oxygen atoms in total. The summed E-state index contributed by atoms with van der Waals surface area (Å²) in [4.78, 5) is 10.8. The van der Waals surface area contributed by atoms with Crippen LogP contribution < -0.4 is 0 Å². The summed E-state index contributed by atoms with van der Waals surface area (Å²) in [5, 5.41) is 8.93. The predicted octanol–water partition coefficient (Wildman–Crippen LogP) is 9.87. The quantitative estimate of drug-likeness (QED) is 0.124. The largest absolute Gasteiger partial charge is 0.481 e. The van der Waals surface area contributed by atoms with Gasteiger partial charge in [-0.1, -0.05) is 122 Å². The molecular formula is C28H54O2. The van der Waals surface area contributed by atoms with Crippen LogP contribution in [-0.4, -0.2) is 11.1 Å². The highest BCUT2D eigenvalue weighted by Crippen LogP contribution is 2.23. The topological polar surface area (TPSA) is 37.3 Å². The Bertz CT molecular complexity index is 375. The average molecular weight is 423 g/mol. The van der Waals surface area contributed by atoms with E-state index in [4.69, 9.17) is 5.11 Å². The Morgan fingerprint density at radius 3 is 1.60 bits per heavy atom. The van der Waals surface area contributed by atoms with Gasteiger partial charge in [0.15, 0.2) is 0 Å². The molecule has 0 aliphatic rings. The van der Waals surface area contributed by atoms with Crippen molar-refractivity contribution in [3.05, 3.63) is 12.2 Å². The molecule has 0 heterocycles. The molecule has 0 bridgehead atoms. The second kappa shape index (κ2) is 24.5. The number of carbonyl (C=O) groups is 1. The molecule has 0 amide bonds. The van der Waals surface area contributed by atoms with E-state index in [0.29, 0.717) is 6.42 Å². The normalized spacial score (nSPS) is 12.6. The van der Waals surface area contributed by atoms with Crippen LogP contribution in [0.25, 0.3) is 0 Å². The van der Waals surface area contributed by atoms with Crippen molar-refractivity contribution >= 4 is 5.97 Å². The fraction of sp³-hybridized carbons (Fsp3) is 0.893. The van der Waals surface area contributed by atoms with Gasteiger partial charge in [-0.05, 0) is 44.4 Å². The van der Waals surface area contributed by atoms with E-state index < -0.39 is 5.97 Å². The second-order valence-electron chi connectivity index (χ2n) is 9.37. The third-order valence-corrected chi connectivity index (χ3v) is 6.34. The molecule has 0 aromatic rings. The monoisotopic (exact) mass is 422 g/mol. The first-order chi connectivity index (χ1) is 14.7. The number of aliphatic carboxylic acids is 1. The van der Waals surface area contributed by atoms with Gasteiger partial charge in [0, 0.05) is 6.42 Å². The Morgan fingerprint density at radius 2 is 1.03 bits per heavy atom. The van der Waals surface area contributed by atoms with Crippen LogP contribution in [0.5, 0.6) is 0 Å². The van der Waals surface area contributed by atoms with Crippen molar-refractivity contribution in [2.45, 2.75) is 155 Å². The van der Waals surface area contributed by atoms with E-state index in [9.17, 15) is 4.79 Å². The molecule has 0 radical (unpaired) electrons. The highest BCUT2D eigenvalue weighted by atomic mass is 16.4. The minimum Gasteiger partial charge on any atom is -0.481 e. The molecule has 0 rings (SSSR count). The third-order valence-electron chi connectivity index (χ3n) is 6.34. The van der Waals surface area contributed by atoms with Gasteiger partial charge in [-0.15, -0.1) is 0 Å². The van der Waals surface area contributed by atoms with Crippen LogP contribution in [0, 0.1) is 5.92 Å². The smallest absolute Gasteiger partial charge is 0.303 e. The van der Waals surface area contributed by atoms with Crippen molar-refractivity contribution in [1.29, 1.82) is 0 Å². The van der Waals surface area contributed by atoms with E-state index >= 15 is 0 Å². The first-order valence-corrected chi connectivity index (χ1v) is 13.6. The Kier molecular flexibility index (Phi) is 23.8. The van der Waals surface area contributed by atoms with E-state index in [0.717, 1.165) is 18.8 Å². The Labute approximate surface area is 189 Å². The Balaban J connectivity index is 3.81. The average Bonchev–Trinajstić information content (AvgIpc) is 2.73. The van der Waals surface area contributed by atoms with Gasteiger partial charge in [0.2, 0.25) is 0 Å². The number of unbranched alkanes of at least 4 members (excludes halogenated alkanes) is 14. The van der Waals surface area contributed by atoms with Crippen LogP contribution in [0.3, 0.4) is 0 Å². The summed E-state index contributed by atoms with van der Waals surface area (Å²) in [6.07, 6.45) is 32.6. The molecule has 1 atom stereocenters. The summed E-state index contributed by atoms with van der Waals surface area (Å²) in [6, 6.07) is 0. The van der Waals surface area contributed by atoms with Crippen molar-refractivity contribution in [3.8, 4) is 0 Å². The lowest BCUT2D eigenvalue weighted by Crippen LogP contribution is -2.03. The number of carboxylic acid groups (broad SMARTS) is 1. The molecular weight excluding hydrogens is 368 g/mol. The molecule has 0 saturated heterocycles. The highest BCUT2D eigenvalue weighted by Gasteiger charge is 2.09. The van der Waals surface area contributed by atoms with E-state index in [1.807, 2.05) is 0 Å². The summed E-state index contributed by atoms with van der Waals surface area (Å²) in [6.45, 7) is 4.55. The van der Waals surface area contributed by atoms with E-state index in [1.54, 1.807) is 0 Å². The lowest BCUT2D eigenvalue weighted by molar-refractivity contribution is -0.137. The second-order valence-corrected chi connectivity index (χ2v) is 9.37. The van der Waals surface area contributed by atoms with Crippen molar-refractivity contribution in [1.82, 2.24) is 0 Å². The number of hydrogen-bond acceptors (Lipinski definition) is 1. The first-order valence-electron chi connectivity index (χ1n) is 13.6. The summed E-state index contributed by atoms with van der Waals surface area (Å²) >= 11 is 0. The van der Waals surface area contributed by atoms with Crippen LogP contribution in [0.1, 0.15) is 155 Å². The van der Waals surface area contributed by atoms with E-state index in [-0.39, 0.29) is 0 Å². The maximum absolute atomic E-state index is 10.8. The fourth-order valence-electron chi connectivity index (χ4n) is 4.34. The molecule has 30 heavy (non-hydrogen) atoms. The molecule has 0 aromatic heterocycles. The summed E-state index contributed by atoms with van der Waals surface area (Å²) in [5.41, 5.74) is 0. The molecule has 0 aliphatic heterocycles. The minimum absolute atomic E-state index is 0.339. The number of hydrogen-bond donors (Lipinski definition) is 1. The van der Waals surface area contributed by atoms with Gasteiger partial charge in [0.1, 0.15) is 0 Å². The van der Waals surface area contributed by atoms with Gasteiger partial charge in [0.25, 0.3) is 0 Å². The van der Waals surface area contributed by atoms with Crippen LogP contribution in [0.15, 0.2) is 12.2 Å². The summed E-state index contributed by atoms with van der Waals surface area (Å²) in [7, 11) is 0. The summed E-state index contributed by atoms with van der Waals surface area (Å²) in [5.74, 6) is 0.0925. The molecule has 178 valence electrons.